The lowest BCUT2D eigenvalue weighted by atomic mass is 10.0. The van der Waals surface area contributed by atoms with Crippen LogP contribution in [0.25, 0.3) is 16.6 Å². The smallest absolute Gasteiger partial charge is 0.231 e. The van der Waals surface area contributed by atoms with Crippen LogP contribution in [0.3, 0.4) is 0 Å². The molecule has 0 atom stereocenters. The zero-order valence-electron chi connectivity index (χ0n) is 16.9. The third kappa shape index (κ3) is 3.34. The summed E-state index contributed by atoms with van der Waals surface area (Å²) in [7, 11) is 0. The molecule has 0 spiro atoms. The lowest BCUT2D eigenvalue weighted by Crippen LogP contribution is -2.25. The van der Waals surface area contributed by atoms with E-state index in [-0.39, 0.29) is 23.5 Å². The number of nitrogens with one attached hydrogen (secondary N) is 1. The summed E-state index contributed by atoms with van der Waals surface area (Å²) < 4.78 is 3.51. The summed E-state index contributed by atoms with van der Waals surface area (Å²) >= 11 is 0. The number of benzene rings is 1. The minimum absolute atomic E-state index is 0.100. The van der Waals surface area contributed by atoms with Gasteiger partial charge >= 0.3 is 0 Å². The molecule has 3 heterocycles. The van der Waals surface area contributed by atoms with Crippen LogP contribution in [0, 0.1) is 0 Å². The van der Waals surface area contributed by atoms with E-state index in [1.165, 1.54) is 5.56 Å². The molecule has 1 aliphatic rings. The van der Waals surface area contributed by atoms with Crippen molar-refractivity contribution >= 4 is 28.3 Å². The van der Waals surface area contributed by atoms with Crippen molar-refractivity contribution in [3.63, 3.8) is 0 Å². The van der Waals surface area contributed by atoms with Gasteiger partial charge in [0.05, 0.1) is 18.0 Å². The molecule has 0 radical (unpaired) electrons. The fourth-order valence-electron chi connectivity index (χ4n) is 3.61. The molecule has 1 N–H and O–H groups in total. The SMILES string of the molecule is CC(C)c1ccc2c(=O)c(CC(=O)Nc3ccc4nccn4n3)nn(C3CC3)c2c1. The monoisotopic (exact) mass is 402 g/mol. The van der Waals surface area contributed by atoms with Gasteiger partial charge < -0.3 is 5.32 Å². The average Bonchev–Trinajstić information content (AvgIpc) is 3.46. The number of hydrogen-bond acceptors (Lipinski definition) is 5. The Balaban J connectivity index is 1.47. The number of carbonyl (C=O) groups is 1. The second-order valence-corrected chi connectivity index (χ2v) is 8.06. The minimum Gasteiger partial charge on any atom is -0.309 e. The average molecular weight is 402 g/mol. The first kappa shape index (κ1) is 18.5. The van der Waals surface area contributed by atoms with E-state index in [2.05, 4.69) is 40.4 Å². The van der Waals surface area contributed by atoms with Crippen LogP contribution in [0.5, 0.6) is 0 Å². The standard InChI is InChI=1S/C22H22N6O2/c1-13(2)14-3-6-16-18(11-14)28(15-4-5-15)25-17(22(16)30)12-21(29)24-19-7-8-20-23-9-10-27(20)26-19/h3,6-11,13,15H,4-5,12H2,1-2H3,(H,24,26,29). The van der Waals surface area contributed by atoms with E-state index in [0.29, 0.717) is 28.8 Å². The van der Waals surface area contributed by atoms with Crippen molar-refractivity contribution in [1.82, 2.24) is 24.4 Å². The molecule has 3 aromatic heterocycles. The first-order valence-corrected chi connectivity index (χ1v) is 10.1. The molecule has 4 aromatic rings. The highest BCUT2D eigenvalue weighted by molar-refractivity contribution is 5.91. The topological polar surface area (TPSA) is 94.2 Å². The van der Waals surface area contributed by atoms with Gasteiger partial charge in [0.15, 0.2) is 11.5 Å². The Kier molecular flexibility index (Phi) is 4.34. The summed E-state index contributed by atoms with van der Waals surface area (Å²) in [6.45, 7) is 4.25. The van der Waals surface area contributed by atoms with Gasteiger partial charge in [0.1, 0.15) is 5.69 Å². The Morgan fingerprint density at radius 1 is 1.20 bits per heavy atom. The molecular formula is C22H22N6O2. The Morgan fingerprint density at radius 2 is 2.03 bits per heavy atom. The summed E-state index contributed by atoms with van der Waals surface area (Å²) in [6, 6.07) is 9.65. The number of nitrogens with zero attached hydrogens (tertiary/aromatic N) is 5. The number of fused-ring (bicyclic) bond motifs is 2. The maximum absolute atomic E-state index is 13.0. The van der Waals surface area contributed by atoms with Gasteiger partial charge in [-0.05, 0) is 48.6 Å². The highest BCUT2D eigenvalue weighted by Crippen LogP contribution is 2.36. The molecule has 1 saturated carbocycles. The predicted octanol–water partition coefficient (Wildman–Crippen LogP) is 3.08. The van der Waals surface area contributed by atoms with Gasteiger partial charge in [0.25, 0.3) is 0 Å². The zero-order valence-corrected chi connectivity index (χ0v) is 16.9. The van der Waals surface area contributed by atoms with Crippen molar-refractivity contribution in [2.24, 2.45) is 0 Å². The highest BCUT2D eigenvalue weighted by Gasteiger charge is 2.27. The largest absolute Gasteiger partial charge is 0.309 e. The van der Waals surface area contributed by atoms with Crippen LogP contribution in [0.2, 0.25) is 0 Å². The second-order valence-electron chi connectivity index (χ2n) is 8.06. The quantitative estimate of drug-likeness (QED) is 0.554. The van der Waals surface area contributed by atoms with E-state index in [0.717, 1.165) is 18.4 Å². The Bertz CT molecular complexity index is 1330. The Hall–Kier alpha value is -3.55. The van der Waals surface area contributed by atoms with Gasteiger partial charge in [-0.25, -0.2) is 9.50 Å². The molecule has 0 unspecified atom stereocenters. The molecule has 0 bridgehead atoms. The van der Waals surface area contributed by atoms with E-state index in [1.54, 1.807) is 29.0 Å². The molecule has 1 aromatic carbocycles. The van der Waals surface area contributed by atoms with Crippen molar-refractivity contribution < 1.29 is 4.79 Å². The summed E-state index contributed by atoms with van der Waals surface area (Å²) in [4.78, 5) is 29.8. The van der Waals surface area contributed by atoms with Crippen molar-refractivity contribution in [3.05, 3.63) is 64.2 Å². The van der Waals surface area contributed by atoms with E-state index in [1.807, 2.05) is 16.8 Å². The van der Waals surface area contributed by atoms with Crippen LogP contribution >= 0.6 is 0 Å². The van der Waals surface area contributed by atoms with Gasteiger partial charge in [0.2, 0.25) is 11.3 Å². The van der Waals surface area contributed by atoms with Gasteiger partial charge in [-0.2, -0.15) is 5.10 Å². The van der Waals surface area contributed by atoms with Crippen LogP contribution in [-0.4, -0.2) is 30.3 Å². The minimum atomic E-state index is -0.327. The van der Waals surface area contributed by atoms with Crippen LogP contribution in [0.15, 0.2) is 47.5 Å². The van der Waals surface area contributed by atoms with Crippen molar-refractivity contribution in [3.8, 4) is 0 Å². The van der Waals surface area contributed by atoms with Crippen molar-refractivity contribution in [2.45, 2.75) is 45.1 Å². The molecule has 0 saturated heterocycles. The first-order chi connectivity index (χ1) is 14.5. The molecule has 8 heteroatoms. The Labute approximate surface area is 172 Å². The maximum Gasteiger partial charge on any atom is 0.231 e. The molecule has 152 valence electrons. The molecule has 8 nitrogen and oxygen atoms in total. The lowest BCUT2D eigenvalue weighted by molar-refractivity contribution is -0.115. The summed E-state index contributed by atoms with van der Waals surface area (Å²) in [5.41, 5.74) is 2.78. The number of rotatable bonds is 5. The van der Waals surface area contributed by atoms with E-state index in [4.69, 9.17) is 0 Å². The van der Waals surface area contributed by atoms with Gasteiger partial charge in [0, 0.05) is 17.8 Å². The third-order valence-corrected chi connectivity index (χ3v) is 5.41. The number of carbonyl (C=O) groups excluding carboxylic acids is 1. The molecule has 5 rings (SSSR count). The van der Waals surface area contributed by atoms with Crippen LogP contribution in [0.4, 0.5) is 5.82 Å². The predicted molar refractivity (Wildman–Crippen MR) is 114 cm³/mol. The van der Waals surface area contributed by atoms with Gasteiger partial charge in [-0.1, -0.05) is 19.9 Å². The first-order valence-electron chi connectivity index (χ1n) is 10.1. The summed E-state index contributed by atoms with van der Waals surface area (Å²) in [5.74, 6) is 0.436. The number of imidazole rings is 1. The molecule has 0 aliphatic heterocycles. The number of aromatic nitrogens is 5. The van der Waals surface area contributed by atoms with Crippen LogP contribution in [0.1, 0.15) is 49.9 Å². The highest BCUT2D eigenvalue weighted by atomic mass is 16.2. The molecule has 1 fully saturated rings. The van der Waals surface area contributed by atoms with Crippen LogP contribution in [-0.2, 0) is 11.2 Å². The third-order valence-electron chi connectivity index (χ3n) is 5.41. The number of amides is 1. The van der Waals surface area contributed by atoms with E-state index in [9.17, 15) is 9.59 Å². The second kappa shape index (κ2) is 7.05. The Morgan fingerprint density at radius 3 is 2.80 bits per heavy atom. The number of hydrogen-bond donors (Lipinski definition) is 1. The molecule has 1 amide bonds. The summed E-state index contributed by atoms with van der Waals surface area (Å²) in [6.07, 6.45) is 5.32. The fraction of sp³-hybridized carbons (Fsp3) is 0.318. The van der Waals surface area contributed by atoms with Crippen LogP contribution < -0.4 is 10.7 Å². The number of anilines is 1. The fourth-order valence-corrected chi connectivity index (χ4v) is 3.61. The van der Waals surface area contributed by atoms with E-state index < -0.39 is 0 Å². The molecule has 30 heavy (non-hydrogen) atoms. The summed E-state index contributed by atoms with van der Waals surface area (Å²) in [5, 5.41) is 12.2. The molecule has 1 aliphatic carbocycles. The van der Waals surface area contributed by atoms with Crippen molar-refractivity contribution in [1.29, 1.82) is 0 Å². The molecular weight excluding hydrogens is 380 g/mol. The lowest BCUT2D eigenvalue weighted by Gasteiger charge is -2.14. The zero-order chi connectivity index (χ0) is 20.8. The van der Waals surface area contributed by atoms with Gasteiger partial charge in [-0.15, -0.1) is 5.10 Å². The van der Waals surface area contributed by atoms with Crippen molar-refractivity contribution in [2.75, 3.05) is 5.32 Å². The van der Waals surface area contributed by atoms with E-state index >= 15 is 0 Å². The normalized spacial score (nSPS) is 14.0. The van der Waals surface area contributed by atoms with Gasteiger partial charge in [-0.3, -0.25) is 14.3 Å². The maximum atomic E-state index is 13.0.